The van der Waals surface area contributed by atoms with E-state index in [4.69, 9.17) is 5.10 Å². The molecule has 2 aromatic heterocycles. The zero-order valence-corrected chi connectivity index (χ0v) is 17.1. The molecule has 1 aliphatic carbocycles. The summed E-state index contributed by atoms with van der Waals surface area (Å²) in [5.41, 5.74) is 2.95. The number of nitrogens with zero attached hydrogens (tertiary/aromatic N) is 4. The van der Waals surface area contributed by atoms with E-state index >= 15 is 0 Å². The number of hydrogen-bond acceptors (Lipinski definition) is 4. The summed E-state index contributed by atoms with van der Waals surface area (Å²) < 4.78 is 28.4. The first-order valence-electron chi connectivity index (χ1n) is 10.6. The molecule has 29 heavy (non-hydrogen) atoms. The van der Waals surface area contributed by atoms with Crippen molar-refractivity contribution in [1.29, 1.82) is 0 Å². The Morgan fingerprint density at radius 2 is 1.93 bits per heavy atom. The summed E-state index contributed by atoms with van der Waals surface area (Å²) in [5.74, 6) is -2.45. The Balaban J connectivity index is 1.48. The molecule has 0 bridgehead atoms. The smallest absolute Gasteiger partial charge is 0.254 e. The molecule has 0 aromatic carbocycles. The highest BCUT2D eigenvalue weighted by Crippen LogP contribution is 2.33. The number of alkyl halides is 2. The molecule has 0 radical (unpaired) electrons. The lowest BCUT2D eigenvalue weighted by Gasteiger charge is -2.29. The predicted molar refractivity (Wildman–Crippen MR) is 106 cm³/mol. The van der Waals surface area contributed by atoms with Gasteiger partial charge in [-0.1, -0.05) is 6.92 Å². The number of amides is 1. The van der Waals surface area contributed by atoms with Crippen LogP contribution in [0.4, 0.5) is 8.78 Å². The van der Waals surface area contributed by atoms with E-state index in [0.717, 1.165) is 49.5 Å². The number of carbonyl (C=O) groups excluding carboxylic acids is 1. The van der Waals surface area contributed by atoms with Gasteiger partial charge < -0.3 is 10.2 Å². The van der Waals surface area contributed by atoms with E-state index in [9.17, 15) is 13.6 Å². The summed E-state index contributed by atoms with van der Waals surface area (Å²) in [6, 6.07) is 1.80. The van der Waals surface area contributed by atoms with E-state index in [1.165, 1.54) is 0 Å². The molecule has 1 N–H and O–H groups in total. The van der Waals surface area contributed by atoms with Crippen LogP contribution in [0.15, 0.2) is 12.3 Å². The van der Waals surface area contributed by atoms with Crippen molar-refractivity contribution >= 4 is 11.6 Å². The Bertz CT molecular complexity index is 879. The molecular weight excluding hydrogens is 376 g/mol. The Kier molecular flexibility index (Phi) is 5.55. The van der Waals surface area contributed by atoms with Gasteiger partial charge in [0.15, 0.2) is 5.65 Å². The largest absolute Gasteiger partial charge is 0.349 e. The van der Waals surface area contributed by atoms with Gasteiger partial charge in [0, 0.05) is 37.1 Å². The zero-order valence-electron chi connectivity index (χ0n) is 17.1. The minimum absolute atomic E-state index is 0.173. The minimum atomic E-state index is -2.60. The molecule has 0 spiro atoms. The molecule has 4 rings (SSSR count). The van der Waals surface area contributed by atoms with Crippen molar-refractivity contribution in [3.63, 3.8) is 0 Å². The monoisotopic (exact) mass is 405 g/mol. The molecule has 2 aromatic rings. The maximum Gasteiger partial charge on any atom is 0.254 e. The Morgan fingerprint density at radius 1 is 1.24 bits per heavy atom. The number of likely N-dealkylation sites (tertiary alicyclic amines) is 1. The molecule has 158 valence electrons. The summed E-state index contributed by atoms with van der Waals surface area (Å²) >= 11 is 0. The van der Waals surface area contributed by atoms with E-state index in [1.807, 2.05) is 13.0 Å². The molecule has 8 heteroatoms. The van der Waals surface area contributed by atoms with Crippen molar-refractivity contribution < 1.29 is 13.6 Å². The maximum atomic E-state index is 13.3. The fourth-order valence-corrected chi connectivity index (χ4v) is 4.48. The van der Waals surface area contributed by atoms with Crippen LogP contribution in [0.25, 0.3) is 5.65 Å². The first-order valence-corrected chi connectivity index (χ1v) is 10.6. The first-order chi connectivity index (χ1) is 13.9. The SMILES string of the molecule is CCN1CCC(c2cc3ncc(C(=O)NC4CCC(F)(F)CC4)c(C)n3n2)CC1. The number of nitrogens with one attached hydrogen (secondary N) is 1. The average Bonchev–Trinajstić information content (AvgIpc) is 3.15. The highest BCUT2D eigenvalue weighted by atomic mass is 19.3. The normalized spacial score (nSPS) is 21.5. The van der Waals surface area contributed by atoms with Crippen LogP contribution in [0.2, 0.25) is 0 Å². The van der Waals surface area contributed by atoms with Gasteiger partial charge in [0.25, 0.3) is 5.91 Å². The molecule has 2 fully saturated rings. The molecule has 0 unspecified atom stereocenters. The van der Waals surface area contributed by atoms with Gasteiger partial charge in [-0.05, 0) is 52.2 Å². The van der Waals surface area contributed by atoms with E-state index in [2.05, 4.69) is 22.1 Å². The molecule has 1 amide bonds. The highest BCUT2D eigenvalue weighted by molar-refractivity contribution is 5.95. The summed E-state index contributed by atoms with van der Waals surface area (Å²) in [5, 5.41) is 7.65. The van der Waals surface area contributed by atoms with Gasteiger partial charge in [0.05, 0.1) is 17.0 Å². The number of halogens is 2. The number of hydrogen-bond donors (Lipinski definition) is 1. The summed E-state index contributed by atoms with van der Waals surface area (Å²) in [6.45, 7) is 7.28. The van der Waals surface area contributed by atoms with E-state index in [-0.39, 0.29) is 24.8 Å². The molecule has 2 aliphatic rings. The zero-order chi connectivity index (χ0) is 20.6. The summed E-state index contributed by atoms with van der Waals surface area (Å²) in [7, 11) is 0. The van der Waals surface area contributed by atoms with Crippen LogP contribution in [0, 0.1) is 6.92 Å². The summed E-state index contributed by atoms with van der Waals surface area (Å²) in [4.78, 5) is 19.6. The van der Waals surface area contributed by atoms with Gasteiger partial charge >= 0.3 is 0 Å². The van der Waals surface area contributed by atoms with Gasteiger partial charge in [0.2, 0.25) is 5.92 Å². The molecule has 1 saturated heterocycles. The van der Waals surface area contributed by atoms with Crippen LogP contribution in [0.3, 0.4) is 0 Å². The van der Waals surface area contributed by atoms with Crippen LogP contribution in [0.5, 0.6) is 0 Å². The number of aryl methyl sites for hydroxylation is 1. The van der Waals surface area contributed by atoms with Crippen LogP contribution in [0.1, 0.15) is 73.1 Å². The van der Waals surface area contributed by atoms with E-state index in [0.29, 0.717) is 24.3 Å². The van der Waals surface area contributed by atoms with Gasteiger partial charge in [-0.2, -0.15) is 5.10 Å². The Hall–Kier alpha value is -2.09. The number of piperidine rings is 1. The topological polar surface area (TPSA) is 62.5 Å². The lowest BCUT2D eigenvalue weighted by atomic mass is 9.92. The highest BCUT2D eigenvalue weighted by Gasteiger charge is 2.35. The van der Waals surface area contributed by atoms with Gasteiger partial charge in [-0.15, -0.1) is 0 Å². The van der Waals surface area contributed by atoms with E-state index in [1.54, 1.807) is 10.7 Å². The second-order valence-electron chi connectivity index (χ2n) is 8.41. The quantitative estimate of drug-likeness (QED) is 0.845. The third-order valence-corrected chi connectivity index (χ3v) is 6.49. The molecular formula is C21H29F2N5O. The number of aromatic nitrogens is 3. The van der Waals surface area contributed by atoms with Crippen LogP contribution in [-0.4, -0.2) is 57.0 Å². The molecule has 6 nitrogen and oxygen atoms in total. The lowest BCUT2D eigenvalue weighted by molar-refractivity contribution is -0.0399. The maximum absolute atomic E-state index is 13.3. The first kappa shape index (κ1) is 20.2. The average molecular weight is 405 g/mol. The third kappa shape index (κ3) is 4.27. The van der Waals surface area contributed by atoms with Crippen molar-refractivity contribution in [2.45, 2.75) is 70.3 Å². The molecule has 3 heterocycles. The molecule has 1 saturated carbocycles. The van der Waals surface area contributed by atoms with Crippen LogP contribution >= 0.6 is 0 Å². The summed E-state index contributed by atoms with van der Waals surface area (Å²) in [6.07, 6.45) is 3.99. The fraction of sp³-hybridized carbons (Fsp3) is 0.667. The van der Waals surface area contributed by atoms with Crippen molar-refractivity contribution in [3.05, 3.63) is 29.2 Å². The molecule has 1 aliphatic heterocycles. The van der Waals surface area contributed by atoms with Gasteiger partial charge in [-0.3, -0.25) is 4.79 Å². The predicted octanol–water partition coefficient (Wildman–Crippen LogP) is 3.54. The number of carbonyl (C=O) groups is 1. The number of rotatable bonds is 4. The Morgan fingerprint density at radius 3 is 2.59 bits per heavy atom. The Labute approximate surface area is 169 Å². The second kappa shape index (κ2) is 7.97. The van der Waals surface area contributed by atoms with Crippen molar-refractivity contribution in [2.24, 2.45) is 0 Å². The van der Waals surface area contributed by atoms with E-state index < -0.39 is 5.92 Å². The fourth-order valence-electron chi connectivity index (χ4n) is 4.48. The lowest BCUT2D eigenvalue weighted by Crippen LogP contribution is -2.40. The molecule has 0 atom stereocenters. The van der Waals surface area contributed by atoms with Gasteiger partial charge in [0.1, 0.15) is 0 Å². The minimum Gasteiger partial charge on any atom is -0.349 e. The van der Waals surface area contributed by atoms with Crippen molar-refractivity contribution in [1.82, 2.24) is 24.8 Å². The van der Waals surface area contributed by atoms with Crippen molar-refractivity contribution in [2.75, 3.05) is 19.6 Å². The number of fused-ring (bicyclic) bond motifs is 1. The third-order valence-electron chi connectivity index (χ3n) is 6.49. The van der Waals surface area contributed by atoms with Crippen LogP contribution in [-0.2, 0) is 0 Å². The van der Waals surface area contributed by atoms with Crippen molar-refractivity contribution in [3.8, 4) is 0 Å². The van der Waals surface area contributed by atoms with Crippen LogP contribution < -0.4 is 5.32 Å². The standard InChI is InChI=1S/C21H29F2N5O/c1-3-27-10-6-15(7-11-27)18-12-19-24-13-17(14(2)28(19)26-18)20(29)25-16-4-8-21(22,23)9-5-16/h12-13,15-16H,3-11H2,1-2H3,(H,25,29). The van der Waals surface area contributed by atoms with Gasteiger partial charge in [-0.25, -0.2) is 18.3 Å². The second-order valence-corrected chi connectivity index (χ2v) is 8.41.